The minimum Gasteiger partial charge on any atom is -0.383 e. The fourth-order valence-corrected chi connectivity index (χ4v) is 3.31. The predicted octanol–water partition coefficient (Wildman–Crippen LogP) is 4.05. The number of amidine groups is 1. The van der Waals surface area contributed by atoms with Crippen molar-refractivity contribution < 1.29 is 19.7 Å². The SMILES string of the molecule is COCc1cnc(/N=C(\N)c2cnc(C)c3cnc(NC(=O)C4CC4)cc23)c(C(F)F)c1.[HH]. The number of anilines is 1. The van der Waals surface area contributed by atoms with Gasteiger partial charge in [-0.15, -0.1) is 0 Å². The summed E-state index contributed by atoms with van der Waals surface area (Å²) in [5.41, 5.74) is 7.51. The van der Waals surface area contributed by atoms with Gasteiger partial charge in [-0.1, -0.05) is 0 Å². The molecule has 168 valence electrons. The molecule has 4 rings (SSSR count). The lowest BCUT2D eigenvalue weighted by Gasteiger charge is -2.11. The number of alkyl halides is 2. The number of nitrogens with one attached hydrogen (secondary N) is 1. The van der Waals surface area contributed by atoms with Gasteiger partial charge in [-0.3, -0.25) is 9.78 Å². The van der Waals surface area contributed by atoms with Crippen molar-refractivity contribution in [2.75, 3.05) is 12.4 Å². The Bertz CT molecular complexity index is 1220. The van der Waals surface area contributed by atoms with Crippen LogP contribution < -0.4 is 11.1 Å². The molecule has 1 aliphatic carbocycles. The van der Waals surface area contributed by atoms with E-state index in [1.165, 1.54) is 25.6 Å². The molecule has 1 amide bonds. The fraction of sp³-hybridized carbons (Fsp3) is 0.318. The number of aryl methyl sites for hydroxylation is 1. The van der Waals surface area contributed by atoms with Gasteiger partial charge in [-0.25, -0.2) is 23.7 Å². The minimum atomic E-state index is -2.79. The number of hydrogen-bond acceptors (Lipinski definition) is 6. The van der Waals surface area contributed by atoms with E-state index in [0.717, 1.165) is 12.8 Å². The Hall–Kier alpha value is -3.53. The fourth-order valence-electron chi connectivity index (χ4n) is 3.31. The maximum Gasteiger partial charge on any atom is 0.267 e. The van der Waals surface area contributed by atoms with E-state index < -0.39 is 6.43 Å². The number of halogens is 2. The molecule has 0 bridgehead atoms. The lowest BCUT2D eigenvalue weighted by atomic mass is 10.1. The molecule has 0 unspecified atom stereocenters. The number of nitrogens with two attached hydrogens (primary N) is 1. The van der Waals surface area contributed by atoms with Crippen LogP contribution in [0.3, 0.4) is 0 Å². The third-order valence-electron chi connectivity index (χ3n) is 5.17. The van der Waals surface area contributed by atoms with E-state index in [0.29, 0.717) is 33.4 Å². The maximum atomic E-state index is 13.6. The van der Waals surface area contributed by atoms with Crippen LogP contribution in [0.5, 0.6) is 0 Å². The molecule has 3 heterocycles. The van der Waals surface area contributed by atoms with Crippen molar-refractivity contribution in [3.05, 3.63) is 53.1 Å². The number of carbonyl (C=O) groups excluding carboxylic acids is 1. The van der Waals surface area contributed by atoms with Gasteiger partial charge < -0.3 is 15.8 Å². The topological polar surface area (TPSA) is 115 Å². The molecule has 0 atom stereocenters. The van der Waals surface area contributed by atoms with Crippen molar-refractivity contribution in [2.24, 2.45) is 16.6 Å². The highest BCUT2D eigenvalue weighted by molar-refractivity contribution is 6.10. The van der Waals surface area contributed by atoms with Crippen LogP contribution in [0.25, 0.3) is 10.8 Å². The molecule has 0 aromatic carbocycles. The number of hydrogen-bond donors (Lipinski definition) is 2. The van der Waals surface area contributed by atoms with Crippen LogP contribution >= 0.6 is 0 Å². The molecule has 3 aromatic rings. The van der Waals surface area contributed by atoms with Gasteiger partial charge in [0.25, 0.3) is 6.43 Å². The van der Waals surface area contributed by atoms with E-state index in [1.54, 1.807) is 12.3 Å². The summed E-state index contributed by atoms with van der Waals surface area (Å²) >= 11 is 0. The van der Waals surface area contributed by atoms with Crippen molar-refractivity contribution in [3.8, 4) is 0 Å². The zero-order chi connectivity index (χ0) is 22.8. The minimum absolute atomic E-state index is 0. The first-order chi connectivity index (χ1) is 15.4. The van der Waals surface area contributed by atoms with Crippen LogP contribution in [-0.4, -0.2) is 33.8 Å². The molecule has 10 heteroatoms. The Labute approximate surface area is 184 Å². The summed E-state index contributed by atoms with van der Waals surface area (Å²) in [6.45, 7) is 1.97. The molecular weight excluding hydrogens is 418 g/mol. The first-order valence-corrected chi connectivity index (χ1v) is 10.0. The Morgan fingerprint density at radius 3 is 2.72 bits per heavy atom. The van der Waals surface area contributed by atoms with E-state index in [2.05, 4.69) is 25.3 Å². The molecule has 0 saturated heterocycles. The molecular formula is C22H24F2N6O2. The standard InChI is InChI=1S/C22H22F2N6O2.H2/c1-11-16-8-27-18(29-22(31)13-3-4-13)6-14(16)17(9-26-11)20(25)30-21-15(19(23)24)5-12(7-28-21)10-32-2;/h5-9,13,19H,3-4,10H2,1-2H3,(H2,25,28,30)(H,27,29,31);1H. The van der Waals surface area contributed by atoms with Gasteiger partial charge in [-0.05, 0) is 37.5 Å². The van der Waals surface area contributed by atoms with Crippen LogP contribution in [0.4, 0.5) is 20.4 Å². The Morgan fingerprint density at radius 1 is 1.25 bits per heavy atom. The quantitative estimate of drug-likeness (QED) is 0.421. The Kier molecular flexibility index (Phi) is 6.04. The first-order valence-electron chi connectivity index (χ1n) is 10.0. The molecule has 3 aromatic heterocycles. The van der Waals surface area contributed by atoms with E-state index in [4.69, 9.17) is 10.5 Å². The predicted molar refractivity (Wildman–Crippen MR) is 118 cm³/mol. The highest BCUT2D eigenvalue weighted by atomic mass is 19.3. The molecule has 1 fully saturated rings. The number of nitrogens with zero attached hydrogens (tertiary/aromatic N) is 4. The maximum absolute atomic E-state index is 13.6. The van der Waals surface area contributed by atoms with Crippen molar-refractivity contribution >= 4 is 34.2 Å². The number of aromatic nitrogens is 3. The number of methoxy groups -OCH3 is 1. The van der Waals surface area contributed by atoms with Crippen molar-refractivity contribution in [3.63, 3.8) is 0 Å². The van der Waals surface area contributed by atoms with Gasteiger partial charge in [-0.2, -0.15) is 0 Å². The zero-order valence-electron chi connectivity index (χ0n) is 17.6. The highest BCUT2D eigenvalue weighted by Crippen LogP contribution is 2.31. The second-order valence-corrected chi connectivity index (χ2v) is 7.62. The molecule has 0 aliphatic heterocycles. The average molecular weight is 442 g/mol. The Morgan fingerprint density at radius 2 is 2.03 bits per heavy atom. The second kappa shape index (κ2) is 8.91. The zero-order valence-corrected chi connectivity index (χ0v) is 17.6. The lowest BCUT2D eigenvalue weighted by Crippen LogP contribution is -2.16. The molecule has 32 heavy (non-hydrogen) atoms. The number of fused-ring (bicyclic) bond motifs is 1. The van der Waals surface area contributed by atoms with Crippen molar-refractivity contribution in [1.82, 2.24) is 15.0 Å². The van der Waals surface area contributed by atoms with Gasteiger partial charge >= 0.3 is 0 Å². The number of ether oxygens (including phenoxy) is 1. The van der Waals surface area contributed by atoms with Gasteiger partial charge in [0.05, 0.1) is 12.2 Å². The van der Waals surface area contributed by atoms with Gasteiger partial charge in [0.2, 0.25) is 5.91 Å². The lowest BCUT2D eigenvalue weighted by molar-refractivity contribution is -0.117. The number of carbonyl (C=O) groups is 1. The summed E-state index contributed by atoms with van der Waals surface area (Å²) in [6, 6.07) is 2.99. The smallest absolute Gasteiger partial charge is 0.267 e. The number of aliphatic imine (C=N–C) groups is 1. The summed E-state index contributed by atoms with van der Waals surface area (Å²) in [5.74, 6) is 0.124. The summed E-state index contributed by atoms with van der Waals surface area (Å²) in [5, 5.41) is 4.16. The summed E-state index contributed by atoms with van der Waals surface area (Å²) < 4.78 is 32.2. The molecule has 1 aliphatic rings. The number of pyridine rings is 3. The normalized spacial score (nSPS) is 14.2. The largest absolute Gasteiger partial charge is 0.383 e. The number of amides is 1. The van der Waals surface area contributed by atoms with Crippen molar-refractivity contribution in [2.45, 2.75) is 32.8 Å². The van der Waals surface area contributed by atoms with Crippen LogP contribution in [-0.2, 0) is 16.1 Å². The van der Waals surface area contributed by atoms with Gasteiger partial charge in [0, 0.05) is 55.1 Å². The molecule has 1 saturated carbocycles. The molecule has 0 spiro atoms. The third kappa shape index (κ3) is 4.54. The van der Waals surface area contributed by atoms with Crippen molar-refractivity contribution in [1.29, 1.82) is 0 Å². The van der Waals surface area contributed by atoms with Crippen LogP contribution in [0.15, 0.2) is 35.7 Å². The van der Waals surface area contributed by atoms with Gasteiger partial charge in [0.15, 0.2) is 5.82 Å². The number of rotatable bonds is 7. The van der Waals surface area contributed by atoms with E-state index in [9.17, 15) is 13.6 Å². The van der Waals surface area contributed by atoms with E-state index in [1.807, 2.05) is 6.92 Å². The summed E-state index contributed by atoms with van der Waals surface area (Å²) in [4.78, 5) is 28.9. The highest BCUT2D eigenvalue weighted by Gasteiger charge is 2.29. The van der Waals surface area contributed by atoms with Crippen LogP contribution in [0.2, 0.25) is 0 Å². The second-order valence-electron chi connectivity index (χ2n) is 7.62. The van der Waals surface area contributed by atoms with Crippen LogP contribution in [0, 0.1) is 12.8 Å². The first kappa shape index (κ1) is 21.7. The summed E-state index contributed by atoms with van der Waals surface area (Å²) in [7, 11) is 1.47. The summed E-state index contributed by atoms with van der Waals surface area (Å²) in [6.07, 6.45) is 3.49. The third-order valence-corrected chi connectivity index (χ3v) is 5.17. The molecule has 8 nitrogen and oxygen atoms in total. The molecule has 0 radical (unpaired) electrons. The van der Waals surface area contributed by atoms with Gasteiger partial charge in [0.1, 0.15) is 11.7 Å². The Balaban J connectivity index is 0.00000306. The van der Waals surface area contributed by atoms with E-state index in [-0.39, 0.29) is 37.1 Å². The van der Waals surface area contributed by atoms with Crippen LogP contribution in [0.1, 0.15) is 43.1 Å². The average Bonchev–Trinajstić information content (AvgIpc) is 3.60. The van der Waals surface area contributed by atoms with E-state index >= 15 is 0 Å². The monoisotopic (exact) mass is 442 g/mol. The molecule has 3 N–H and O–H groups in total.